The zero-order chi connectivity index (χ0) is 45.9. The van der Waals surface area contributed by atoms with Crippen LogP contribution in [0.4, 0.5) is 0 Å². The molecule has 342 valence electrons. The highest BCUT2D eigenvalue weighted by molar-refractivity contribution is 6.17. The zero-order valence-electron chi connectivity index (χ0n) is 37.1. The number of nitrogens with one attached hydrogen (secondary N) is 1. The Balaban J connectivity index is 1.14. The van der Waals surface area contributed by atoms with Crippen LogP contribution in [0.5, 0.6) is 17.2 Å². The highest BCUT2D eigenvalue weighted by Gasteiger charge is 2.59. The zero-order valence-corrected chi connectivity index (χ0v) is 37.1. The van der Waals surface area contributed by atoms with Crippen molar-refractivity contribution in [2.75, 3.05) is 40.5 Å². The molecule has 5 heterocycles. The first-order chi connectivity index (χ1) is 32.6. The summed E-state index contributed by atoms with van der Waals surface area (Å²) in [5.74, 6) is 2.52. The number of nitrogens with zero attached hydrogens (tertiary/aromatic N) is 2. The third-order valence-electron chi connectivity index (χ3n) is 15.3. The van der Waals surface area contributed by atoms with Crippen LogP contribution in [0.15, 0.2) is 69.9 Å². The molecule has 9 aliphatic rings. The van der Waals surface area contributed by atoms with E-state index in [1.54, 1.807) is 31.5 Å². The van der Waals surface area contributed by atoms with E-state index in [2.05, 4.69) is 29.8 Å². The van der Waals surface area contributed by atoms with Gasteiger partial charge < -0.3 is 54.3 Å². The van der Waals surface area contributed by atoms with Gasteiger partial charge >= 0.3 is 0 Å². The molecule has 8 unspecified atom stereocenters. The summed E-state index contributed by atoms with van der Waals surface area (Å²) in [5, 5.41) is 53.2. The summed E-state index contributed by atoms with van der Waals surface area (Å²) in [6.45, 7) is -0.735. The Bertz CT molecular complexity index is 2970. The number of methoxy groups -OCH3 is 1. The van der Waals surface area contributed by atoms with Crippen LogP contribution in [0, 0.1) is 24.4 Å². The number of rotatable bonds is 5. The lowest BCUT2D eigenvalue weighted by Gasteiger charge is -2.47. The van der Waals surface area contributed by atoms with Gasteiger partial charge in [-0.3, -0.25) is 9.59 Å². The Hall–Kier alpha value is -6.18. The first-order valence-corrected chi connectivity index (χ1v) is 23.2. The standard InChI is InChI=1S/C53H49N3O11/c1-54-20-26-11-15-37-34(18-26)35(21-55-37)39-16-14-33-48(63-2)32-13-12-29-19-28-7-4-9-30(28)42-41(29)43(32)45-47(60)44(42)38(58)23-56-22-36-27(6-3-10-31(36)51(56)61)8-5-17-64-50-46(59)40(24-65-39)66-52(67-49(33)45)53(50,62)25-57/h3,6,10-11,14-16,18-19,21,28,30,39-40,46,50,52,54,57,59,62H,4,7-9,12-13,20,22-25H2,1-2H3/p+1. The SMILES string of the molecule is CNCC1=CC=C2N=CC(C3C=Cc4c(OC)c5c6c7c(c8c(O)c6c4OC4OC(CO3)C(O)C(OC#CCc3cccc6c3CN(CC8=O)C6=O)C4(O)CO)C3CCCC3C=C7CC5)=C2[CH+]1. The summed E-state index contributed by atoms with van der Waals surface area (Å²) in [5.41, 5.74) is 6.84. The van der Waals surface area contributed by atoms with E-state index in [-0.39, 0.29) is 66.3 Å². The Kier molecular flexibility index (Phi) is 10.1. The quantitative estimate of drug-likeness (QED) is 0.175. The minimum atomic E-state index is -2.46. The summed E-state index contributed by atoms with van der Waals surface area (Å²) in [4.78, 5) is 35.7. The molecule has 2 fully saturated rings. The number of hydrogen-bond acceptors (Lipinski definition) is 13. The van der Waals surface area contributed by atoms with Crippen molar-refractivity contribution in [3.8, 4) is 29.3 Å². The molecular weight excluding hydrogens is 855 g/mol. The van der Waals surface area contributed by atoms with Gasteiger partial charge in [-0.15, -0.1) is 0 Å². The van der Waals surface area contributed by atoms with Crippen LogP contribution in [0.2, 0.25) is 0 Å². The van der Waals surface area contributed by atoms with Crippen molar-refractivity contribution in [3.05, 3.63) is 116 Å². The highest BCUT2D eigenvalue weighted by Crippen LogP contribution is 2.60. The first-order valence-electron chi connectivity index (χ1n) is 23.2. The normalized spacial score (nSPS) is 29.8. The molecular formula is C53H50N3O11+. The van der Waals surface area contributed by atoms with E-state index in [0.717, 1.165) is 75.1 Å². The van der Waals surface area contributed by atoms with E-state index in [1.165, 1.54) is 4.90 Å². The molecule has 3 aromatic carbocycles. The Morgan fingerprint density at radius 3 is 2.82 bits per heavy atom. The smallest absolute Gasteiger partial charge is 0.254 e. The number of phenols is 1. The lowest BCUT2D eigenvalue weighted by molar-refractivity contribution is -0.327. The highest BCUT2D eigenvalue weighted by atomic mass is 16.7. The maximum absolute atomic E-state index is 15.3. The van der Waals surface area contributed by atoms with Crippen molar-refractivity contribution in [2.45, 2.75) is 87.3 Å². The van der Waals surface area contributed by atoms with Gasteiger partial charge in [0, 0.05) is 60.2 Å². The van der Waals surface area contributed by atoms with Gasteiger partial charge in [0.1, 0.15) is 47.2 Å². The maximum atomic E-state index is 15.3. The number of phenolic OH excluding ortho intramolecular Hbond substituents is 1. The van der Waals surface area contributed by atoms with Gasteiger partial charge in [0.05, 0.1) is 55.2 Å². The van der Waals surface area contributed by atoms with Gasteiger partial charge in [0.15, 0.2) is 23.2 Å². The molecule has 67 heavy (non-hydrogen) atoms. The fourth-order valence-corrected chi connectivity index (χ4v) is 12.1. The maximum Gasteiger partial charge on any atom is 0.254 e. The summed E-state index contributed by atoms with van der Waals surface area (Å²) in [7, 11) is 3.45. The van der Waals surface area contributed by atoms with Crippen LogP contribution >= 0.6 is 0 Å². The number of fused-ring (bicyclic) bond motifs is 8. The van der Waals surface area contributed by atoms with Crippen LogP contribution in [0.1, 0.15) is 85.7 Å². The van der Waals surface area contributed by atoms with Crippen LogP contribution in [0.25, 0.3) is 22.4 Å². The average Bonchev–Trinajstić information content (AvgIpc) is 4.06. The van der Waals surface area contributed by atoms with E-state index in [4.69, 9.17) is 28.7 Å². The molecule has 3 aromatic rings. The number of aliphatic imine (C=N–C) groups is 1. The molecule has 0 aromatic heterocycles. The van der Waals surface area contributed by atoms with Crippen molar-refractivity contribution in [2.24, 2.45) is 10.9 Å². The molecule has 8 bridgehead atoms. The van der Waals surface area contributed by atoms with Gasteiger partial charge in [0.2, 0.25) is 6.29 Å². The predicted octanol–water partition coefficient (Wildman–Crippen LogP) is 4.75. The van der Waals surface area contributed by atoms with Crippen LogP contribution in [0.3, 0.4) is 0 Å². The van der Waals surface area contributed by atoms with Gasteiger partial charge in [0.25, 0.3) is 5.91 Å². The number of aryl methyl sites for hydroxylation is 1. The van der Waals surface area contributed by atoms with Gasteiger partial charge in [-0.2, -0.15) is 4.99 Å². The third-order valence-corrected chi connectivity index (χ3v) is 15.3. The molecule has 14 nitrogen and oxygen atoms in total. The monoisotopic (exact) mass is 904 g/mol. The Labute approximate surface area is 386 Å². The number of aliphatic hydroxyl groups excluding tert-OH is 2. The Morgan fingerprint density at radius 2 is 1.99 bits per heavy atom. The van der Waals surface area contributed by atoms with Crippen molar-refractivity contribution in [1.82, 2.24) is 10.2 Å². The Morgan fingerprint density at radius 1 is 1.10 bits per heavy atom. The van der Waals surface area contributed by atoms with E-state index in [1.807, 2.05) is 31.3 Å². The van der Waals surface area contributed by atoms with Crippen molar-refractivity contribution >= 4 is 40.3 Å². The second-order valence-electron chi connectivity index (χ2n) is 18.9. The summed E-state index contributed by atoms with van der Waals surface area (Å²) in [6.07, 6.45) is 13.5. The summed E-state index contributed by atoms with van der Waals surface area (Å²) < 4.78 is 32.6. The number of likely N-dealkylation sites (N-methyl/N-ethyl adjacent to an activating group) is 1. The molecule has 5 aliphatic heterocycles. The first kappa shape index (κ1) is 42.2. The van der Waals surface area contributed by atoms with Crippen LogP contribution in [-0.2, 0) is 33.6 Å². The molecule has 12 rings (SSSR count). The third kappa shape index (κ3) is 6.32. The van der Waals surface area contributed by atoms with Crippen LogP contribution < -0.4 is 14.8 Å². The van der Waals surface area contributed by atoms with Crippen molar-refractivity contribution < 1.29 is 53.7 Å². The molecule has 5 N–H and O–H groups in total. The molecule has 1 saturated carbocycles. The second-order valence-corrected chi connectivity index (χ2v) is 18.9. The number of allylic oxidation sites excluding steroid dienone is 5. The number of ketones is 1. The molecule has 14 heteroatoms. The number of hydrogen-bond donors (Lipinski definition) is 5. The number of carbonyl (C=O) groups is 2. The molecule has 4 aliphatic carbocycles. The summed E-state index contributed by atoms with van der Waals surface area (Å²) >= 11 is 0. The van der Waals surface area contributed by atoms with Gasteiger partial charge in [-0.25, -0.2) is 0 Å². The number of aliphatic hydroxyl groups is 3. The molecule has 1 amide bonds. The average molecular weight is 905 g/mol. The van der Waals surface area contributed by atoms with E-state index < -0.39 is 48.7 Å². The lowest BCUT2D eigenvalue weighted by atomic mass is 9.69. The number of ether oxygens (including phenoxy) is 5. The summed E-state index contributed by atoms with van der Waals surface area (Å²) in [6, 6.07) is 5.37. The van der Waals surface area contributed by atoms with Crippen molar-refractivity contribution in [1.29, 1.82) is 0 Å². The van der Waals surface area contributed by atoms with E-state index in [0.29, 0.717) is 41.6 Å². The number of aromatic hydroxyl groups is 1. The van der Waals surface area contributed by atoms with E-state index >= 15 is 4.79 Å². The minimum absolute atomic E-state index is 0.00528. The molecule has 0 radical (unpaired) electrons. The van der Waals surface area contributed by atoms with Gasteiger partial charge in [-0.05, 0) is 90.6 Å². The molecule has 8 atom stereocenters. The fraction of sp³-hybridized carbons (Fsp3) is 0.396. The topological polar surface area (TPSA) is 189 Å². The van der Waals surface area contributed by atoms with Gasteiger partial charge in [-0.1, -0.05) is 30.6 Å². The number of Topliss-reactive ketones (excluding diaryl/α,β-unsaturated/α-hetero) is 1. The minimum Gasteiger partial charge on any atom is -0.506 e. The number of amides is 1. The van der Waals surface area contributed by atoms with Crippen LogP contribution in [-0.4, -0.2) is 120 Å². The molecule has 0 spiro atoms. The predicted molar refractivity (Wildman–Crippen MR) is 246 cm³/mol. The largest absolute Gasteiger partial charge is 0.506 e. The molecule has 1 saturated heterocycles. The van der Waals surface area contributed by atoms with Crippen molar-refractivity contribution in [3.63, 3.8) is 0 Å². The fourth-order valence-electron chi connectivity index (χ4n) is 12.1. The lowest BCUT2D eigenvalue weighted by Crippen LogP contribution is -2.70. The second kappa shape index (κ2) is 16.0. The number of carbonyl (C=O) groups excluding carboxylic acids is 2. The van der Waals surface area contributed by atoms with E-state index in [9.17, 15) is 25.2 Å². The number of benzene rings is 3.